The number of nitrogens with zero attached hydrogens (tertiary/aromatic N) is 1. The highest BCUT2D eigenvalue weighted by atomic mass is 16.5. The average Bonchev–Trinajstić information content (AvgIpc) is 3.60. The Kier molecular flexibility index (Phi) is 7.42. The minimum Gasteiger partial charge on any atom is -0.483 e. The molecule has 3 aliphatic rings. The predicted molar refractivity (Wildman–Crippen MR) is 118 cm³/mol. The molecule has 0 bridgehead atoms. The van der Waals surface area contributed by atoms with Crippen molar-refractivity contribution in [1.82, 2.24) is 15.2 Å². The maximum atomic E-state index is 12.3. The van der Waals surface area contributed by atoms with Crippen LogP contribution in [0, 0.1) is 19.8 Å². The highest BCUT2D eigenvalue weighted by molar-refractivity contribution is 5.81. The number of hydrogen-bond acceptors (Lipinski definition) is 6. The Morgan fingerprint density at radius 1 is 1.31 bits per heavy atom. The number of aliphatic hydroxyl groups excluding tert-OH is 1. The van der Waals surface area contributed by atoms with E-state index in [1.54, 1.807) is 6.20 Å². The summed E-state index contributed by atoms with van der Waals surface area (Å²) in [4.78, 5) is 38.4. The average molecular weight is 450 g/mol. The van der Waals surface area contributed by atoms with Crippen molar-refractivity contribution in [2.75, 3.05) is 19.7 Å². The number of aryl methyl sites for hydroxylation is 1. The standard InChI is InChI=1S/C22H33N3O4.CH2O2/c1-14-12-23-17(15(2)18(14)26)13-25-9-6-22(7-10-25)20(28)21(3,8-11-29-22)24-19(27)16-4-5-16;2-1-3/h12,16,20,28H,4-11,13H2,1-3H3,(H,23,26)(H,24,27);1H,(H,2,3)/t20-,21+;/m1./s1. The summed E-state index contributed by atoms with van der Waals surface area (Å²) in [6.45, 7) is 8.18. The van der Waals surface area contributed by atoms with Crippen molar-refractivity contribution in [3.8, 4) is 0 Å². The van der Waals surface area contributed by atoms with Crippen molar-refractivity contribution in [2.24, 2.45) is 5.92 Å². The lowest BCUT2D eigenvalue weighted by Crippen LogP contribution is -2.69. The number of hydrogen-bond donors (Lipinski definition) is 4. The zero-order valence-electron chi connectivity index (χ0n) is 19.1. The SMILES string of the molecule is Cc1c[nH]c(CN2CCC3(CC2)OCC[C@](C)(NC(=O)C2CC2)[C@H]3O)c(C)c1=O.O=CO. The van der Waals surface area contributed by atoms with Crippen molar-refractivity contribution in [3.63, 3.8) is 0 Å². The Morgan fingerprint density at radius 3 is 2.53 bits per heavy atom. The van der Waals surface area contributed by atoms with Crippen LogP contribution in [0.5, 0.6) is 0 Å². The number of rotatable bonds is 4. The lowest BCUT2D eigenvalue weighted by molar-refractivity contribution is -0.208. The molecule has 1 aromatic rings. The summed E-state index contributed by atoms with van der Waals surface area (Å²) < 4.78 is 6.14. The number of carboxylic acid groups (broad SMARTS) is 1. The van der Waals surface area contributed by atoms with Gasteiger partial charge in [-0.25, -0.2) is 0 Å². The Morgan fingerprint density at radius 2 is 1.94 bits per heavy atom. The second-order valence-corrected chi connectivity index (χ2v) is 9.53. The molecule has 1 saturated carbocycles. The molecule has 2 saturated heterocycles. The summed E-state index contributed by atoms with van der Waals surface area (Å²) in [5.41, 5.74) is 1.29. The van der Waals surface area contributed by atoms with E-state index in [2.05, 4.69) is 15.2 Å². The van der Waals surface area contributed by atoms with Gasteiger partial charge in [0.1, 0.15) is 6.10 Å². The number of aromatic nitrogens is 1. The van der Waals surface area contributed by atoms with Crippen LogP contribution in [0.2, 0.25) is 0 Å². The third kappa shape index (κ3) is 5.05. The lowest BCUT2D eigenvalue weighted by atomic mass is 9.73. The largest absolute Gasteiger partial charge is 0.483 e. The van der Waals surface area contributed by atoms with Gasteiger partial charge in [0, 0.05) is 55.2 Å². The van der Waals surface area contributed by atoms with Crippen LogP contribution in [0.4, 0.5) is 0 Å². The molecule has 9 nitrogen and oxygen atoms in total. The topological polar surface area (TPSA) is 132 Å². The van der Waals surface area contributed by atoms with Gasteiger partial charge >= 0.3 is 0 Å². The summed E-state index contributed by atoms with van der Waals surface area (Å²) in [6, 6.07) is 0. The highest BCUT2D eigenvalue weighted by Gasteiger charge is 2.54. The van der Waals surface area contributed by atoms with Gasteiger partial charge in [-0.05, 0) is 52.9 Å². The maximum absolute atomic E-state index is 12.3. The molecule has 3 fully saturated rings. The molecule has 4 rings (SSSR count). The van der Waals surface area contributed by atoms with Crippen LogP contribution < -0.4 is 10.7 Å². The fraction of sp³-hybridized carbons (Fsp3) is 0.696. The van der Waals surface area contributed by atoms with Gasteiger partial charge in [0.15, 0.2) is 5.43 Å². The molecule has 1 aromatic heterocycles. The molecule has 1 spiro atoms. The zero-order chi connectivity index (χ0) is 23.5. The van der Waals surface area contributed by atoms with Crippen molar-refractivity contribution in [2.45, 2.75) is 76.7 Å². The molecule has 0 radical (unpaired) electrons. The third-order valence-electron chi connectivity index (χ3n) is 7.17. The number of ether oxygens (including phenoxy) is 1. The monoisotopic (exact) mass is 449 g/mol. The first-order chi connectivity index (χ1) is 15.2. The predicted octanol–water partition coefficient (Wildman–Crippen LogP) is 1.09. The fourth-order valence-corrected chi connectivity index (χ4v) is 4.82. The fourth-order valence-electron chi connectivity index (χ4n) is 4.82. The number of carbonyl (C=O) groups excluding carboxylic acids is 1. The van der Waals surface area contributed by atoms with E-state index >= 15 is 0 Å². The molecule has 9 heteroatoms. The maximum Gasteiger partial charge on any atom is 0.290 e. The van der Waals surface area contributed by atoms with Gasteiger partial charge < -0.3 is 25.3 Å². The second-order valence-electron chi connectivity index (χ2n) is 9.53. The molecule has 4 N–H and O–H groups in total. The van der Waals surface area contributed by atoms with E-state index in [-0.39, 0.29) is 23.7 Å². The van der Waals surface area contributed by atoms with Crippen LogP contribution in [0.15, 0.2) is 11.0 Å². The van der Waals surface area contributed by atoms with Crippen LogP contribution in [-0.2, 0) is 20.9 Å². The summed E-state index contributed by atoms with van der Waals surface area (Å²) in [5.74, 6) is 0.194. The minimum absolute atomic E-state index is 0.0693. The summed E-state index contributed by atoms with van der Waals surface area (Å²) >= 11 is 0. The quantitative estimate of drug-likeness (QED) is 0.506. The number of pyridine rings is 1. The molecule has 32 heavy (non-hydrogen) atoms. The van der Waals surface area contributed by atoms with Crippen molar-refractivity contribution in [3.05, 3.63) is 33.2 Å². The first kappa shape index (κ1) is 24.4. The number of aromatic amines is 1. The van der Waals surface area contributed by atoms with E-state index in [1.165, 1.54) is 0 Å². The molecular weight excluding hydrogens is 414 g/mol. The molecule has 1 aliphatic carbocycles. The highest BCUT2D eigenvalue weighted by Crippen LogP contribution is 2.41. The Labute approximate surface area is 188 Å². The van der Waals surface area contributed by atoms with Gasteiger partial charge in [-0.3, -0.25) is 19.3 Å². The lowest BCUT2D eigenvalue weighted by Gasteiger charge is -2.53. The number of amides is 1. The van der Waals surface area contributed by atoms with E-state index in [9.17, 15) is 14.7 Å². The van der Waals surface area contributed by atoms with Crippen LogP contribution in [0.3, 0.4) is 0 Å². The van der Waals surface area contributed by atoms with E-state index in [4.69, 9.17) is 14.6 Å². The molecule has 2 atom stereocenters. The first-order valence-corrected chi connectivity index (χ1v) is 11.3. The number of aliphatic hydroxyl groups is 1. The van der Waals surface area contributed by atoms with Crippen molar-refractivity contribution < 1.29 is 24.5 Å². The number of H-pyrrole nitrogens is 1. The summed E-state index contributed by atoms with van der Waals surface area (Å²) in [5, 5.41) is 21.3. The van der Waals surface area contributed by atoms with Gasteiger partial charge in [0.2, 0.25) is 5.91 Å². The number of carbonyl (C=O) groups is 2. The van der Waals surface area contributed by atoms with Crippen molar-refractivity contribution in [1.29, 1.82) is 0 Å². The van der Waals surface area contributed by atoms with E-state index < -0.39 is 17.2 Å². The molecule has 3 heterocycles. The smallest absolute Gasteiger partial charge is 0.290 e. The van der Waals surface area contributed by atoms with Crippen LogP contribution in [0.1, 0.15) is 55.8 Å². The van der Waals surface area contributed by atoms with Crippen LogP contribution in [0.25, 0.3) is 0 Å². The summed E-state index contributed by atoms with van der Waals surface area (Å²) in [6.07, 6.45) is 5.00. The minimum atomic E-state index is -0.727. The molecule has 178 valence electrons. The van der Waals surface area contributed by atoms with Gasteiger partial charge in [0.25, 0.3) is 6.47 Å². The Balaban J connectivity index is 0.000000913. The Bertz CT molecular complexity index is 888. The second kappa shape index (κ2) is 9.72. The third-order valence-corrected chi connectivity index (χ3v) is 7.17. The van der Waals surface area contributed by atoms with E-state index in [0.717, 1.165) is 42.8 Å². The van der Waals surface area contributed by atoms with Gasteiger partial charge in [-0.15, -0.1) is 0 Å². The number of piperidine rings is 1. The molecule has 1 amide bonds. The van der Waals surface area contributed by atoms with Gasteiger partial charge in [-0.2, -0.15) is 0 Å². The number of nitrogens with one attached hydrogen (secondary N) is 2. The van der Waals surface area contributed by atoms with Gasteiger partial charge in [-0.1, -0.05) is 0 Å². The van der Waals surface area contributed by atoms with Crippen LogP contribution in [-0.4, -0.2) is 69.4 Å². The van der Waals surface area contributed by atoms with Crippen LogP contribution >= 0.6 is 0 Å². The molecular formula is C23H35N3O6. The Hall–Kier alpha value is -2.23. The number of likely N-dealkylation sites (tertiary alicyclic amines) is 1. The molecule has 0 unspecified atom stereocenters. The van der Waals surface area contributed by atoms with E-state index in [0.29, 0.717) is 32.4 Å². The first-order valence-electron chi connectivity index (χ1n) is 11.3. The zero-order valence-corrected chi connectivity index (χ0v) is 19.1. The molecule has 0 aromatic carbocycles. The normalized spacial score (nSPS) is 27.3. The molecule has 2 aliphatic heterocycles. The van der Waals surface area contributed by atoms with Gasteiger partial charge in [0.05, 0.1) is 11.1 Å². The van der Waals surface area contributed by atoms with E-state index in [1.807, 2.05) is 20.8 Å². The summed E-state index contributed by atoms with van der Waals surface area (Å²) in [7, 11) is 0. The van der Waals surface area contributed by atoms with Crippen molar-refractivity contribution >= 4 is 12.4 Å².